The van der Waals surface area contributed by atoms with Gasteiger partial charge in [-0.15, -0.1) is 0 Å². The first kappa shape index (κ1) is 21.2. The lowest BCUT2D eigenvalue weighted by atomic mass is 9.93. The quantitative estimate of drug-likeness (QED) is 0.693. The summed E-state index contributed by atoms with van der Waals surface area (Å²) in [7, 11) is 5.65. The molecule has 0 saturated carbocycles. The summed E-state index contributed by atoms with van der Waals surface area (Å²) in [6.45, 7) is 5.93. The number of nitrogens with zero attached hydrogens (tertiary/aromatic N) is 4. The third-order valence-electron chi connectivity index (χ3n) is 6.09. The number of benzene rings is 1. The molecule has 1 atom stereocenters. The molecule has 0 spiro atoms. The number of rotatable bonds is 3. The fraction of sp³-hybridized carbons (Fsp3) is 0.400. The van der Waals surface area contributed by atoms with Crippen molar-refractivity contribution in [3.8, 4) is 17.0 Å². The molecule has 0 bridgehead atoms. The summed E-state index contributed by atoms with van der Waals surface area (Å²) < 4.78 is 0. The third-order valence-corrected chi connectivity index (χ3v) is 6.09. The monoisotopic (exact) mass is 418 g/mol. The maximum absolute atomic E-state index is 13.0. The zero-order chi connectivity index (χ0) is 22.3. The molecule has 0 radical (unpaired) electrons. The zero-order valence-corrected chi connectivity index (χ0v) is 18.9. The Morgan fingerprint density at radius 2 is 1.94 bits per heavy atom. The molecule has 6 heteroatoms. The Morgan fingerprint density at radius 3 is 2.61 bits per heavy atom. The van der Waals surface area contributed by atoms with Crippen molar-refractivity contribution in [3.05, 3.63) is 52.7 Å². The van der Waals surface area contributed by atoms with Crippen molar-refractivity contribution in [2.24, 2.45) is 0 Å². The molecule has 0 aliphatic carbocycles. The van der Waals surface area contributed by atoms with Crippen LogP contribution in [0.1, 0.15) is 45.9 Å². The van der Waals surface area contributed by atoms with Gasteiger partial charge in [0.05, 0.1) is 11.3 Å². The summed E-state index contributed by atoms with van der Waals surface area (Å²) in [5, 5.41) is 11.3. The highest BCUT2D eigenvalue weighted by atomic mass is 16.3. The van der Waals surface area contributed by atoms with Crippen molar-refractivity contribution in [1.82, 2.24) is 19.8 Å². The molecule has 3 aromatic rings. The van der Waals surface area contributed by atoms with Crippen LogP contribution in [0.3, 0.4) is 0 Å². The number of aromatic hydroxyl groups is 1. The summed E-state index contributed by atoms with van der Waals surface area (Å²) in [6.07, 6.45) is 2.16. The molecular weight excluding hydrogens is 388 g/mol. The summed E-state index contributed by atoms with van der Waals surface area (Å²) in [4.78, 5) is 26.6. The molecule has 1 amide bonds. The van der Waals surface area contributed by atoms with E-state index in [1.807, 2.05) is 38.1 Å². The van der Waals surface area contributed by atoms with Crippen LogP contribution in [0.4, 0.5) is 0 Å². The second-order valence-corrected chi connectivity index (χ2v) is 8.94. The van der Waals surface area contributed by atoms with E-state index in [9.17, 15) is 9.90 Å². The van der Waals surface area contributed by atoms with Crippen molar-refractivity contribution in [1.29, 1.82) is 0 Å². The smallest absolute Gasteiger partial charge is 0.254 e. The van der Waals surface area contributed by atoms with Gasteiger partial charge in [-0.25, -0.2) is 9.97 Å². The zero-order valence-electron chi connectivity index (χ0n) is 18.9. The van der Waals surface area contributed by atoms with E-state index in [4.69, 9.17) is 9.97 Å². The largest absolute Gasteiger partial charge is 0.507 e. The number of likely N-dealkylation sites (tertiary alicyclic amines) is 1. The second-order valence-electron chi connectivity index (χ2n) is 8.94. The molecule has 2 aromatic heterocycles. The Hall–Kier alpha value is -2.99. The molecule has 0 unspecified atom stereocenters. The van der Waals surface area contributed by atoms with E-state index in [-0.39, 0.29) is 17.6 Å². The number of pyridine rings is 2. The summed E-state index contributed by atoms with van der Waals surface area (Å²) >= 11 is 0. The number of phenolic OH excluding ortho intramolecular Hbond substituents is 1. The van der Waals surface area contributed by atoms with Gasteiger partial charge >= 0.3 is 0 Å². The van der Waals surface area contributed by atoms with Crippen molar-refractivity contribution >= 4 is 16.9 Å². The standard InChI is InChI=1S/C25H30N4O2/c1-15-11-16(2)23(22(30)12-15)20-9-8-18-19(25(31)28(3)4)13-21(27-24(18)26-20)17-7-6-10-29(5)14-17/h8-9,11-13,17,30H,6-7,10,14H2,1-5H3/t17-/m1/s1. The van der Waals surface area contributed by atoms with Gasteiger partial charge in [-0.05, 0) is 75.7 Å². The van der Waals surface area contributed by atoms with Crippen LogP contribution in [-0.4, -0.2) is 65.0 Å². The van der Waals surface area contributed by atoms with Gasteiger partial charge in [-0.2, -0.15) is 0 Å². The summed E-state index contributed by atoms with van der Waals surface area (Å²) in [5.74, 6) is 0.428. The molecule has 162 valence electrons. The molecular formula is C25H30N4O2. The van der Waals surface area contributed by atoms with E-state index in [1.54, 1.807) is 25.1 Å². The maximum atomic E-state index is 13.0. The van der Waals surface area contributed by atoms with Crippen molar-refractivity contribution in [2.75, 3.05) is 34.2 Å². The Balaban J connectivity index is 1.90. The molecule has 1 saturated heterocycles. The first-order chi connectivity index (χ1) is 14.7. The van der Waals surface area contributed by atoms with Crippen molar-refractivity contribution in [2.45, 2.75) is 32.6 Å². The van der Waals surface area contributed by atoms with Crippen LogP contribution < -0.4 is 0 Å². The van der Waals surface area contributed by atoms with Gasteiger partial charge in [0.25, 0.3) is 5.91 Å². The first-order valence-corrected chi connectivity index (χ1v) is 10.8. The van der Waals surface area contributed by atoms with Gasteiger partial charge in [0.1, 0.15) is 5.75 Å². The molecule has 1 aromatic carbocycles. The van der Waals surface area contributed by atoms with Gasteiger partial charge in [0.2, 0.25) is 0 Å². The third kappa shape index (κ3) is 4.12. The van der Waals surface area contributed by atoms with E-state index in [2.05, 4.69) is 11.9 Å². The Morgan fingerprint density at radius 1 is 1.16 bits per heavy atom. The van der Waals surface area contributed by atoms with Gasteiger partial charge in [-0.1, -0.05) is 6.07 Å². The molecule has 31 heavy (non-hydrogen) atoms. The number of aromatic nitrogens is 2. The van der Waals surface area contributed by atoms with Gasteiger partial charge < -0.3 is 14.9 Å². The average Bonchev–Trinajstić information content (AvgIpc) is 2.71. The van der Waals surface area contributed by atoms with Crippen molar-refractivity contribution in [3.63, 3.8) is 0 Å². The number of fused-ring (bicyclic) bond motifs is 1. The number of amides is 1. The van der Waals surface area contributed by atoms with Gasteiger partial charge in [-0.3, -0.25) is 4.79 Å². The number of phenols is 1. The van der Waals surface area contributed by atoms with E-state index in [0.717, 1.165) is 48.1 Å². The fourth-order valence-corrected chi connectivity index (χ4v) is 4.58. The normalized spacial score (nSPS) is 17.1. The van der Waals surface area contributed by atoms with E-state index in [0.29, 0.717) is 22.5 Å². The Bertz CT molecular complexity index is 1130. The first-order valence-electron chi connectivity index (χ1n) is 10.8. The minimum absolute atomic E-state index is 0.0540. The number of aryl methyl sites for hydroxylation is 2. The highest BCUT2D eigenvalue weighted by Crippen LogP contribution is 2.34. The van der Waals surface area contributed by atoms with E-state index >= 15 is 0 Å². The summed E-state index contributed by atoms with van der Waals surface area (Å²) in [6, 6.07) is 9.49. The lowest BCUT2D eigenvalue weighted by molar-refractivity contribution is 0.0829. The predicted octanol–water partition coefficient (Wildman–Crippen LogP) is 4.13. The molecule has 4 rings (SSSR count). The topological polar surface area (TPSA) is 69.6 Å². The van der Waals surface area contributed by atoms with Gasteiger partial charge in [0, 0.05) is 43.2 Å². The number of carbonyl (C=O) groups is 1. The molecule has 1 aliphatic heterocycles. The summed E-state index contributed by atoms with van der Waals surface area (Å²) in [5.41, 5.74) is 5.42. The number of piperidine rings is 1. The van der Waals surface area contributed by atoms with Crippen LogP contribution in [-0.2, 0) is 0 Å². The Labute approximate surface area is 183 Å². The molecule has 1 fully saturated rings. The van der Waals surface area contributed by atoms with E-state index < -0.39 is 0 Å². The van der Waals surface area contributed by atoms with Crippen LogP contribution in [0.2, 0.25) is 0 Å². The van der Waals surface area contributed by atoms with Crippen LogP contribution >= 0.6 is 0 Å². The van der Waals surface area contributed by atoms with Crippen LogP contribution in [0.5, 0.6) is 5.75 Å². The highest BCUT2D eigenvalue weighted by Gasteiger charge is 2.24. The second kappa shape index (κ2) is 8.27. The Kier molecular flexibility index (Phi) is 5.67. The van der Waals surface area contributed by atoms with Crippen LogP contribution in [0.25, 0.3) is 22.3 Å². The van der Waals surface area contributed by atoms with Gasteiger partial charge in [0.15, 0.2) is 5.65 Å². The average molecular weight is 419 g/mol. The lowest BCUT2D eigenvalue weighted by Crippen LogP contribution is -2.31. The lowest BCUT2D eigenvalue weighted by Gasteiger charge is -2.29. The number of likely N-dealkylation sites (N-methyl/N-ethyl adjacent to an activating group) is 1. The number of hydrogen-bond donors (Lipinski definition) is 1. The SMILES string of the molecule is Cc1cc(C)c(-c2ccc3c(C(=O)N(C)C)cc([C@@H]4CCCN(C)C4)nc3n2)c(O)c1. The highest BCUT2D eigenvalue weighted by molar-refractivity contribution is 6.05. The predicted molar refractivity (Wildman–Crippen MR) is 124 cm³/mol. The molecule has 3 heterocycles. The number of hydrogen-bond acceptors (Lipinski definition) is 5. The maximum Gasteiger partial charge on any atom is 0.254 e. The molecule has 6 nitrogen and oxygen atoms in total. The molecule has 1 aliphatic rings. The fourth-order valence-electron chi connectivity index (χ4n) is 4.58. The minimum Gasteiger partial charge on any atom is -0.507 e. The number of carbonyl (C=O) groups excluding carboxylic acids is 1. The van der Waals surface area contributed by atoms with Crippen LogP contribution in [0, 0.1) is 13.8 Å². The van der Waals surface area contributed by atoms with Crippen molar-refractivity contribution < 1.29 is 9.90 Å². The van der Waals surface area contributed by atoms with Crippen LogP contribution in [0.15, 0.2) is 30.3 Å². The molecule has 1 N–H and O–H groups in total. The van der Waals surface area contributed by atoms with E-state index in [1.165, 1.54) is 0 Å². The minimum atomic E-state index is -0.0540.